The standard InChI is InChI=1S/C14H20FN3S/c1-4-10(2)17(3)7-8-18-13-9-11(15)5-6-12(13)16-14(18)19/h5-6,9-10H,4,7-8H2,1-3H3,(H,16,19). The molecule has 3 nitrogen and oxygen atoms in total. The molecule has 0 radical (unpaired) electrons. The Morgan fingerprint density at radius 3 is 2.89 bits per heavy atom. The van der Waals surface area contributed by atoms with Crippen molar-refractivity contribution >= 4 is 23.3 Å². The SMILES string of the molecule is CCC(C)N(C)CCn1c(=S)[nH]c2ccc(F)cc21. The molecular formula is C14H20FN3S. The number of rotatable bonds is 5. The summed E-state index contributed by atoms with van der Waals surface area (Å²) >= 11 is 5.31. The summed E-state index contributed by atoms with van der Waals surface area (Å²) in [5.41, 5.74) is 1.72. The van der Waals surface area contributed by atoms with Gasteiger partial charge in [0, 0.05) is 19.1 Å². The molecule has 5 heteroatoms. The lowest BCUT2D eigenvalue weighted by atomic mass is 10.2. The van der Waals surface area contributed by atoms with E-state index in [1.165, 1.54) is 12.1 Å². The minimum atomic E-state index is -0.231. The van der Waals surface area contributed by atoms with Crippen molar-refractivity contribution < 1.29 is 4.39 Å². The Bertz CT molecular complexity index is 617. The maximum Gasteiger partial charge on any atom is 0.178 e. The third kappa shape index (κ3) is 3.04. The Hall–Kier alpha value is -1.20. The van der Waals surface area contributed by atoms with Crippen molar-refractivity contribution in [2.45, 2.75) is 32.9 Å². The zero-order chi connectivity index (χ0) is 14.0. The smallest absolute Gasteiger partial charge is 0.178 e. The number of likely N-dealkylation sites (N-methyl/N-ethyl adjacent to an activating group) is 1. The fraction of sp³-hybridized carbons (Fsp3) is 0.500. The van der Waals surface area contributed by atoms with Crippen LogP contribution in [0.5, 0.6) is 0 Å². The average molecular weight is 281 g/mol. The van der Waals surface area contributed by atoms with Crippen LogP contribution in [0.3, 0.4) is 0 Å². The lowest BCUT2D eigenvalue weighted by Crippen LogP contribution is -2.31. The van der Waals surface area contributed by atoms with Crippen molar-refractivity contribution in [2.75, 3.05) is 13.6 Å². The molecule has 0 fully saturated rings. The Morgan fingerprint density at radius 1 is 1.47 bits per heavy atom. The van der Waals surface area contributed by atoms with Gasteiger partial charge in [0.1, 0.15) is 5.82 Å². The zero-order valence-electron chi connectivity index (χ0n) is 11.6. The molecule has 0 saturated heterocycles. The second-order valence-electron chi connectivity index (χ2n) is 4.98. The maximum atomic E-state index is 13.3. The molecule has 1 atom stereocenters. The van der Waals surface area contributed by atoms with E-state index >= 15 is 0 Å². The third-order valence-corrected chi connectivity index (χ3v) is 4.08. The number of imidazole rings is 1. The predicted molar refractivity (Wildman–Crippen MR) is 79.5 cm³/mol. The number of hydrogen-bond donors (Lipinski definition) is 1. The lowest BCUT2D eigenvalue weighted by Gasteiger charge is -2.23. The number of aromatic amines is 1. The number of benzene rings is 1. The fourth-order valence-electron chi connectivity index (χ4n) is 2.14. The number of halogens is 1. The minimum absolute atomic E-state index is 0.231. The van der Waals surface area contributed by atoms with Gasteiger partial charge in [-0.1, -0.05) is 6.92 Å². The van der Waals surface area contributed by atoms with Gasteiger partial charge in [-0.2, -0.15) is 0 Å². The lowest BCUT2D eigenvalue weighted by molar-refractivity contribution is 0.243. The molecule has 2 rings (SSSR count). The number of fused-ring (bicyclic) bond motifs is 1. The van der Waals surface area contributed by atoms with Crippen LogP contribution >= 0.6 is 12.2 Å². The van der Waals surface area contributed by atoms with Gasteiger partial charge in [0.25, 0.3) is 0 Å². The van der Waals surface area contributed by atoms with Crippen molar-refractivity contribution in [2.24, 2.45) is 0 Å². The summed E-state index contributed by atoms with van der Waals surface area (Å²) in [5.74, 6) is -0.231. The summed E-state index contributed by atoms with van der Waals surface area (Å²) in [5, 5.41) is 0. The molecular weight excluding hydrogens is 261 g/mol. The molecule has 1 unspecified atom stereocenters. The second kappa shape index (κ2) is 5.84. The van der Waals surface area contributed by atoms with Gasteiger partial charge in [0.15, 0.2) is 4.77 Å². The number of hydrogen-bond acceptors (Lipinski definition) is 2. The van der Waals surface area contributed by atoms with E-state index < -0.39 is 0 Å². The molecule has 104 valence electrons. The highest BCUT2D eigenvalue weighted by Crippen LogP contribution is 2.15. The van der Waals surface area contributed by atoms with E-state index in [9.17, 15) is 4.39 Å². The Labute approximate surface area is 118 Å². The maximum absolute atomic E-state index is 13.3. The molecule has 1 N–H and O–H groups in total. The normalized spacial score (nSPS) is 13.3. The van der Waals surface area contributed by atoms with Crippen LogP contribution in [0.1, 0.15) is 20.3 Å². The van der Waals surface area contributed by atoms with Crippen LogP contribution < -0.4 is 0 Å². The Kier molecular flexibility index (Phi) is 4.37. The van der Waals surface area contributed by atoms with E-state index in [4.69, 9.17) is 12.2 Å². The first-order chi connectivity index (χ1) is 9.02. The highest BCUT2D eigenvalue weighted by atomic mass is 32.1. The topological polar surface area (TPSA) is 24.0 Å². The van der Waals surface area contributed by atoms with E-state index in [1.807, 2.05) is 4.57 Å². The molecule has 0 amide bonds. The summed E-state index contributed by atoms with van der Waals surface area (Å²) in [7, 11) is 2.10. The first kappa shape index (κ1) is 14.2. The van der Waals surface area contributed by atoms with Gasteiger partial charge in [-0.25, -0.2) is 4.39 Å². The molecule has 1 aromatic carbocycles. The number of H-pyrrole nitrogens is 1. The van der Waals surface area contributed by atoms with E-state index in [-0.39, 0.29) is 5.82 Å². The summed E-state index contributed by atoms with van der Waals surface area (Å²) in [4.78, 5) is 5.41. The summed E-state index contributed by atoms with van der Waals surface area (Å²) in [6.45, 7) is 6.04. The van der Waals surface area contributed by atoms with Gasteiger partial charge in [0.05, 0.1) is 11.0 Å². The second-order valence-corrected chi connectivity index (χ2v) is 5.37. The quantitative estimate of drug-likeness (QED) is 0.847. The van der Waals surface area contributed by atoms with Crippen LogP contribution in [0.15, 0.2) is 18.2 Å². The van der Waals surface area contributed by atoms with Crippen LogP contribution in [0.2, 0.25) is 0 Å². The molecule has 1 aromatic heterocycles. The number of nitrogens with zero attached hydrogens (tertiary/aromatic N) is 2. The minimum Gasteiger partial charge on any atom is -0.331 e. The van der Waals surface area contributed by atoms with Crippen molar-refractivity contribution in [1.29, 1.82) is 0 Å². The highest BCUT2D eigenvalue weighted by molar-refractivity contribution is 7.71. The number of nitrogens with one attached hydrogen (secondary N) is 1. The van der Waals surface area contributed by atoms with Crippen LogP contribution in [0.4, 0.5) is 4.39 Å². The van der Waals surface area contributed by atoms with E-state index in [2.05, 4.69) is 30.8 Å². The molecule has 0 bridgehead atoms. The molecule has 19 heavy (non-hydrogen) atoms. The van der Waals surface area contributed by atoms with Crippen LogP contribution in [-0.4, -0.2) is 34.1 Å². The molecule has 1 heterocycles. The molecule has 0 aliphatic carbocycles. The van der Waals surface area contributed by atoms with E-state index in [1.54, 1.807) is 6.07 Å². The van der Waals surface area contributed by atoms with Crippen molar-refractivity contribution in [3.63, 3.8) is 0 Å². The Morgan fingerprint density at radius 2 is 2.21 bits per heavy atom. The highest BCUT2D eigenvalue weighted by Gasteiger charge is 2.09. The van der Waals surface area contributed by atoms with Crippen molar-refractivity contribution in [3.05, 3.63) is 28.8 Å². The van der Waals surface area contributed by atoms with E-state index in [0.29, 0.717) is 10.8 Å². The molecule has 0 spiro atoms. The van der Waals surface area contributed by atoms with Crippen LogP contribution in [-0.2, 0) is 6.54 Å². The van der Waals surface area contributed by atoms with Gasteiger partial charge >= 0.3 is 0 Å². The molecule has 0 aliphatic heterocycles. The monoisotopic (exact) mass is 281 g/mol. The zero-order valence-corrected chi connectivity index (χ0v) is 12.4. The van der Waals surface area contributed by atoms with Gasteiger partial charge in [-0.15, -0.1) is 0 Å². The first-order valence-corrected chi connectivity index (χ1v) is 7.02. The van der Waals surface area contributed by atoms with Crippen LogP contribution in [0, 0.1) is 10.6 Å². The van der Waals surface area contributed by atoms with Gasteiger partial charge in [0.2, 0.25) is 0 Å². The molecule has 0 saturated carbocycles. The predicted octanol–water partition coefficient (Wildman–Crippen LogP) is 3.57. The van der Waals surface area contributed by atoms with Crippen molar-refractivity contribution in [3.8, 4) is 0 Å². The van der Waals surface area contributed by atoms with Gasteiger partial charge < -0.3 is 14.5 Å². The molecule has 2 aromatic rings. The summed E-state index contributed by atoms with van der Waals surface area (Å²) < 4.78 is 16.0. The number of aromatic nitrogens is 2. The summed E-state index contributed by atoms with van der Waals surface area (Å²) in [6.07, 6.45) is 1.12. The average Bonchev–Trinajstić information content (AvgIpc) is 2.70. The third-order valence-electron chi connectivity index (χ3n) is 3.76. The van der Waals surface area contributed by atoms with Gasteiger partial charge in [-0.05, 0) is 50.8 Å². The largest absolute Gasteiger partial charge is 0.331 e. The fourth-order valence-corrected chi connectivity index (χ4v) is 2.44. The van der Waals surface area contributed by atoms with Crippen LogP contribution in [0.25, 0.3) is 11.0 Å². The van der Waals surface area contributed by atoms with E-state index in [0.717, 1.165) is 30.5 Å². The first-order valence-electron chi connectivity index (χ1n) is 6.61. The Balaban J connectivity index is 2.23. The van der Waals surface area contributed by atoms with Crippen molar-refractivity contribution in [1.82, 2.24) is 14.5 Å². The molecule has 0 aliphatic rings. The summed E-state index contributed by atoms with van der Waals surface area (Å²) in [6, 6.07) is 5.25. The van der Waals surface area contributed by atoms with Gasteiger partial charge in [-0.3, -0.25) is 0 Å².